The lowest BCUT2D eigenvalue weighted by Crippen LogP contribution is -2.65. The van der Waals surface area contributed by atoms with Crippen LogP contribution in [0.15, 0.2) is 59.1 Å². The molecule has 2 aliphatic heterocycles. The van der Waals surface area contributed by atoms with Crippen molar-refractivity contribution >= 4 is 17.5 Å². The maximum Gasteiger partial charge on any atom is 0.324 e. The van der Waals surface area contributed by atoms with E-state index in [1.807, 2.05) is 69.3 Å². The lowest BCUT2D eigenvalue weighted by Gasteiger charge is -2.55. The van der Waals surface area contributed by atoms with E-state index >= 15 is 0 Å². The highest BCUT2D eigenvalue weighted by molar-refractivity contribution is 5.99. The number of hydrogen-bond acceptors (Lipinski definition) is 6. The third-order valence-corrected chi connectivity index (χ3v) is 6.66. The SMILES string of the molecule is CC(C)(C)c1cc(NC(=O)Nc2ccc(C#Cc3ccc(OCCCN4CC5(COC5)C4)cc3)cc2)no1. The predicted molar refractivity (Wildman–Crippen MR) is 147 cm³/mol. The smallest absolute Gasteiger partial charge is 0.324 e. The van der Waals surface area contributed by atoms with Crippen molar-refractivity contribution in [1.82, 2.24) is 10.1 Å². The first kappa shape index (κ1) is 25.8. The first-order valence-corrected chi connectivity index (χ1v) is 13.0. The first-order chi connectivity index (χ1) is 18.3. The molecule has 1 aromatic heterocycles. The van der Waals surface area contributed by atoms with Gasteiger partial charge in [0, 0.05) is 53.3 Å². The molecule has 38 heavy (non-hydrogen) atoms. The number of amides is 2. The summed E-state index contributed by atoms with van der Waals surface area (Å²) in [5, 5.41) is 9.37. The van der Waals surface area contributed by atoms with Crippen LogP contribution in [0.4, 0.5) is 16.3 Å². The van der Waals surface area contributed by atoms with Crippen molar-refractivity contribution in [2.75, 3.05) is 50.1 Å². The average molecular weight is 515 g/mol. The van der Waals surface area contributed by atoms with Crippen molar-refractivity contribution in [1.29, 1.82) is 0 Å². The molecule has 0 saturated carbocycles. The van der Waals surface area contributed by atoms with Gasteiger partial charge in [0.15, 0.2) is 5.82 Å². The Hall–Kier alpha value is -3.80. The zero-order chi connectivity index (χ0) is 26.6. The van der Waals surface area contributed by atoms with Gasteiger partial charge in [0.1, 0.15) is 11.5 Å². The van der Waals surface area contributed by atoms with Gasteiger partial charge in [-0.2, -0.15) is 0 Å². The molecule has 198 valence electrons. The topological polar surface area (TPSA) is 88.9 Å². The maximum atomic E-state index is 12.3. The number of carbonyl (C=O) groups is 1. The number of nitrogens with zero attached hydrogens (tertiary/aromatic N) is 2. The number of ether oxygens (including phenoxy) is 2. The summed E-state index contributed by atoms with van der Waals surface area (Å²) >= 11 is 0. The molecule has 2 N–H and O–H groups in total. The summed E-state index contributed by atoms with van der Waals surface area (Å²) in [4.78, 5) is 14.8. The van der Waals surface area contributed by atoms with E-state index < -0.39 is 6.03 Å². The Kier molecular flexibility index (Phi) is 7.41. The molecule has 3 heterocycles. The van der Waals surface area contributed by atoms with Crippen molar-refractivity contribution in [3.8, 4) is 17.6 Å². The highest BCUT2D eigenvalue weighted by Gasteiger charge is 2.48. The lowest BCUT2D eigenvalue weighted by atomic mass is 9.78. The Morgan fingerprint density at radius 3 is 2.26 bits per heavy atom. The zero-order valence-electron chi connectivity index (χ0n) is 22.2. The van der Waals surface area contributed by atoms with Crippen LogP contribution in [0.5, 0.6) is 5.75 Å². The maximum absolute atomic E-state index is 12.3. The van der Waals surface area contributed by atoms with Crippen molar-refractivity contribution in [2.45, 2.75) is 32.6 Å². The van der Waals surface area contributed by atoms with E-state index in [4.69, 9.17) is 14.0 Å². The predicted octanol–water partition coefficient (Wildman–Crippen LogP) is 5.12. The number of hydrogen-bond donors (Lipinski definition) is 2. The second-order valence-electron chi connectivity index (χ2n) is 11.2. The number of aromatic nitrogens is 1. The number of likely N-dealkylation sites (tertiary alicyclic amines) is 1. The highest BCUT2D eigenvalue weighted by Crippen LogP contribution is 2.37. The lowest BCUT2D eigenvalue weighted by molar-refractivity contribution is -0.189. The molecule has 0 unspecified atom stereocenters. The van der Waals surface area contributed by atoms with Crippen LogP contribution in [-0.2, 0) is 10.2 Å². The zero-order valence-corrected chi connectivity index (χ0v) is 22.2. The molecule has 0 bridgehead atoms. The monoisotopic (exact) mass is 514 g/mol. The molecule has 8 nitrogen and oxygen atoms in total. The van der Waals surface area contributed by atoms with E-state index in [1.165, 1.54) is 0 Å². The standard InChI is InChI=1S/C30H34N4O4/c1-29(2,3)26-17-27(33-38-26)32-28(35)31-24-11-7-22(8-12-24)5-6-23-9-13-25(14-10-23)37-16-4-15-34-18-30(19-34)20-36-21-30/h7-14,17H,4,15-16,18-21H2,1-3H3,(H2,31,32,33,35). The molecule has 0 radical (unpaired) electrons. The Labute approximate surface area is 223 Å². The average Bonchev–Trinajstić information content (AvgIpc) is 3.31. The van der Waals surface area contributed by atoms with Crippen LogP contribution < -0.4 is 15.4 Å². The summed E-state index contributed by atoms with van der Waals surface area (Å²) in [6.07, 6.45) is 1.02. The van der Waals surface area contributed by atoms with Gasteiger partial charge in [0.2, 0.25) is 0 Å². The van der Waals surface area contributed by atoms with Gasteiger partial charge >= 0.3 is 6.03 Å². The van der Waals surface area contributed by atoms with Crippen LogP contribution in [-0.4, -0.2) is 55.5 Å². The molecule has 8 heteroatoms. The second kappa shape index (κ2) is 10.9. The minimum absolute atomic E-state index is 0.181. The van der Waals surface area contributed by atoms with E-state index in [0.29, 0.717) is 29.3 Å². The Bertz CT molecular complexity index is 1300. The molecule has 2 aromatic carbocycles. The number of carbonyl (C=O) groups excluding carboxylic acids is 1. The van der Waals surface area contributed by atoms with E-state index in [2.05, 4.69) is 32.5 Å². The van der Waals surface area contributed by atoms with Gasteiger partial charge in [0.05, 0.1) is 19.8 Å². The van der Waals surface area contributed by atoms with Crippen LogP contribution in [0.3, 0.4) is 0 Å². The van der Waals surface area contributed by atoms with Crippen molar-refractivity contribution < 1.29 is 18.8 Å². The molecule has 0 atom stereocenters. The summed E-state index contributed by atoms with van der Waals surface area (Å²) in [6, 6.07) is 16.5. The van der Waals surface area contributed by atoms with Gasteiger partial charge in [-0.3, -0.25) is 5.32 Å². The number of urea groups is 1. The van der Waals surface area contributed by atoms with Crippen LogP contribution >= 0.6 is 0 Å². The van der Waals surface area contributed by atoms with E-state index in [-0.39, 0.29) is 5.41 Å². The molecular formula is C30H34N4O4. The Balaban J connectivity index is 1.04. The highest BCUT2D eigenvalue weighted by atomic mass is 16.5. The summed E-state index contributed by atoms with van der Waals surface area (Å²) < 4.78 is 16.5. The third kappa shape index (κ3) is 6.55. The molecule has 2 fully saturated rings. The molecule has 2 aliphatic rings. The quantitative estimate of drug-likeness (QED) is 0.336. The molecule has 2 amide bonds. The minimum Gasteiger partial charge on any atom is -0.494 e. The van der Waals surface area contributed by atoms with Gasteiger partial charge in [-0.15, -0.1) is 0 Å². The molecular weight excluding hydrogens is 480 g/mol. The normalized spacial score (nSPS) is 16.1. The summed E-state index contributed by atoms with van der Waals surface area (Å²) in [5.74, 6) is 8.26. The molecule has 3 aromatic rings. The van der Waals surface area contributed by atoms with Gasteiger partial charge in [0.25, 0.3) is 0 Å². The van der Waals surface area contributed by atoms with Gasteiger partial charge in [-0.25, -0.2) is 4.79 Å². The van der Waals surface area contributed by atoms with Crippen LogP contribution in [0.25, 0.3) is 0 Å². The fraction of sp³-hybridized carbons (Fsp3) is 0.400. The number of benzene rings is 2. The molecule has 5 rings (SSSR count). The van der Waals surface area contributed by atoms with Crippen LogP contribution in [0.1, 0.15) is 44.1 Å². The third-order valence-electron chi connectivity index (χ3n) is 6.66. The summed E-state index contributed by atoms with van der Waals surface area (Å²) in [6.45, 7) is 12.0. The largest absolute Gasteiger partial charge is 0.494 e. The minimum atomic E-state index is -0.391. The van der Waals surface area contributed by atoms with Crippen LogP contribution in [0, 0.1) is 17.3 Å². The molecule has 0 aliphatic carbocycles. The van der Waals surface area contributed by atoms with Crippen molar-refractivity contribution in [2.24, 2.45) is 5.41 Å². The van der Waals surface area contributed by atoms with Crippen molar-refractivity contribution in [3.63, 3.8) is 0 Å². The summed E-state index contributed by atoms with van der Waals surface area (Å²) in [5.41, 5.74) is 2.71. The van der Waals surface area contributed by atoms with E-state index in [1.54, 1.807) is 6.07 Å². The Morgan fingerprint density at radius 2 is 1.68 bits per heavy atom. The fourth-order valence-corrected chi connectivity index (χ4v) is 4.49. The second-order valence-corrected chi connectivity index (χ2v) is 11.2. The fourth-order valence-electron chi connectivity index (χ4n) is 4.49. The van der Waals surface area contributed by atoms with Gasteiger partial charge in [-0.05, 0) is 55.0 Å². The van der Waals surface area contributed by atoms with Gasteiger partial charge < -0.3 is 24.2 Å². The summed E-state index contributed by atoms with van der Waals surface area (Å²) in [7, 11) is 0. The van der Waals surface area contributed by atoms with Crippen LogP contribution in [0.2, 0.25) is 0 Å². The van der Waals surface area contributed by atoms with Gasteiger partial charge in [-0.1, -0.05) is 37.8 Å². The van der Waals surface area contributed by atoms with E-state index in [9.17, 15) is 4.79 Å². The van der Waals surface area contributed by atoms with E-state index in [0.717, 1.165) is 56.1 Å². The molecule has 1 spiro atoms. The number of rotatable bonds is 7. The first-order valence-electron chi connectivity index (χ1n) is 13.0. The number of anilines is 2. The number of nitrogens with one attached hydrogen (secondary N) is 2. The van der Waals surface area contributed by atoms with Crippen molar-refractivity contribution in [3.05, 3.63) is 71.5 Å². The Morgan fingerprint density at radius 1 is 1.03 bits per heavy atom. The molecule has 2 saturated heterocycles.